The van der Waals surface area contributed by atoms with E-state index in [2.05, 4.69) is 15.5 Å². The van der Waals surface area contributed by atoms with E-state index in [0.29, 0.717) is 22.6 Å². The molecule has 146 valence electrons. The molecule has 4 rings (SSSR count). The summed E-state index contributed by atoms with van der Waals surface area (Å²) in [5.74, 6) is -0.298. The second-order valence-electron chi connectivity index (χ2n) is 6.64. The number of carbonyl (C=O) groups excluding carboxylic acids is 1. The van der Waals surface area contributed by atoms with Crippen LogP contribution in [0.5, 0.6) is 0 Å². The van der Waals surface area contributed by atoms with Gasteiger partial charge in [0.25, 0.3) is 5.56 Å². The van der Waals surface area contributed by atoms with E-state index in [0.717, 1.165) is 16.6 Å². The molecule has 0 saturated heterocycles. The number of nitrogens with zero attached hydrogens (tertiary/aromatic N) is 4. The highest BCUT2D eigenvalue weighted by Crippen LogP contribution is 2.14. The molecule has 7 nitrogen and oxygen atoms in total. The largest absolute Gasteiger partial charge is 0.350 e. The molecule has 4 aromatic rings. The quantitative estimate of drug-likeness (QED) is 0.551. The maximum Gasteiger partial charge on any atom is 0.275 e. The fourth-order valence-corrected chi connectivity index (χ4v) is 3.22. The first kappa shape index (κ1) is 18.9. The van der Waals surface area contributed by atoms with Gasteiger partial charge in [0.2, 0.25) is 5.91 Å². The molecule has 2 heterocycles. The maximum atomic E-state index is 12.6. The van der Waals surface area contributed by atoms with E-state index in [1.54, 1.807) is 35.1 Å². The first-order chi connectivity index (χ1) is 14.0. The van der Waals surface area contributed by atoms with Gasteiger partial charge in [0.15, 0.2) is 0 Å². The summed E-state index contributed by atoms with van der Waals surface area (Å²) in [6, 6.07) is 14.5. The Morgan fingerprint density at radius 2 is 1.83 bits per heavy atom. The van der Waals surface area contributed by atoms with E-state index in [1.165, 1.54) is 4.68 Å². The number of carbonyl (C=O) groups is 1. The molecule has 0 bridgehead atoms. The van der Waals surface area contributed by atoms with Crippen LogP contribution < -0.4 is 10.9 Å². The average Bonchev–Trinajstić information content (AvgIpc) is 3.20. The van der Waals surface area contributed by atoms with E-state index in [-0.39, 0.29) is 18.0 Å². The molecule has 0 radical (unpaired) electrons. The Bertz CT molecular complexity index is 1240. The van der Waals surface area contributed by atoms with Gasteiger partial charge in [-0.25, -0.2) is 9.36 Å². The minimum atomic E-state index is -0.298. The van der Waals surface area contributed by atoms with Crippen molar-refractivity contribution in [2.75, 3.05) is 0 Å². The number of amides is 1. The van der Waals surface area contributed by atoms with Crippen molar-refractivity contribution in [3.63, 3.8) is 0 Å². The van der Waals surface area contributed by atoms with Crippen molar-refractivity contribution >= 4 is 28.3 Å². The molecular formula is C21H18ClN5O2. The van der Waals surface area contributed by atoms with E-state index in [4.69, 9.17) is 11.6 Å². The summed E-state index contributed by atoms with van der Waals surface area (Å²) in [7, 11) is 0. The van der Waals surface area contributed by atoms with E-state index in [1.807, 2.05) is 37.4 Å². The van der Waals surface area contributed by atoms with Crippen LogP contribution in [0.15, 0.2) is 65.7 Å². The lowest BCUT2D eigenvalue weighted by Crippen LogP contribution is -2.33. The third-order valence-electron chi connectivity index (χ3n) is 4.56. The number of rotatable bonds is 5. The van der Waals surface area contributed by atoms with Crippen molar-refractivity contribution in [1.29, 1.82) is 0 Å². The molecule has 0 spiro atoms. The van der Waals surface area contributed by atoms with Crippen molar-refractivity contribution in [2.45, 2.75) is 20.0 Å². The average molecular weight is 408 g/mol. The van der Waals surface area contributed by atoms with Crippen LogP contribution in [0.4, 0.5) is 0 Å². The number of fused-ring (bicyclic) bond motifs is 1. The van der Waals surface area contributed by atoms with Crippen LogP contribution in [0.1, 0.15) is 11.3 Å². The summed E-state index contributed by atoms with van der Waals surface area (Å²) in [6.45, 7) is 1.98. The first-order valence-corrected chi connectivity index (χ1v) is 9.42. The van der Waals surface area contributed by atoms with Crippen LogP contribution in [-0.4, -0.2) is 25.5 Å². The summed E-state index contributed by atoms with van der Waals surface area (Å²) in [4.78, 5) is 24.9. The van der Waals surface area contributed by atoms with Gasteiger partial charge in [-0.2, -0.15) is 10.2 Å². The number of nitrogens with one attached hydrogen (secondary N) is 1. The van der Waals surface area contributed by atoms with Crippen molar-refractivity contribution in [3.8, 4) is 5.69 Å². The minimum Gasteiger partial charge on any atom is -0.350 e. The van der Waals surface area contributed by atoms with Crippen LogP contribution in [0, 0.1) is 6.92 Å². The topological polar surface area (TPSA) is 81.8 Å². The van der Waals surface area contributed by atoms with Gasteiger partial charge in [-0.3, -0.25) is 9.59 Å². The van der Waals surface area contributed by atoms with E-state index in [9.17, 15) is 9.59 Å². The standard InChI is InChI=1S/C21H18ClN5O2/c1-14-18-4-2-3-5-19(18)21(29)27(25-14)13-20(28)23-10-15-11-24-26(12-15)17-8-6-16(22)7-9-17/h2-9,11-12H,10,13H2,1H3,(H,23,28). The lowest BCUT2D eigenvalue weighted by Gasteiger charge is -2.09. The molecule has 2 aromatic heterocycles. The van der Waals surface area contributed by atoms with Gasteiger partial charge < -0.3 is 5.32 Å². The van der Waals surface area contributed by atoms with Gasteiger partial charge >= 0.3 is 0 Å². The van der Waals surface area contributed by atoms with Crippen LogP contribution in [0.2, 0.25) is 5.02 Å². The SMILES string of the molecule is Cc1nn(CC(=O)NCc2cnn(-c3ccc(Cl)cc3)c2)c(=O)c2ccccc12. The zero-order valence-corrected chi connectivity index (χ0v) is 16.4. The lowest BCUT2D eigenvalue weighted by atomic mass is 10.1. The summed E-state index contributed by atoms with van der Waals surface area (Å²) in [6.07, 6.45) is 3.51. The molecular weight excluding hydrogens is 390 g/mol. The third-order valence-corrected chi connectivity index (χ3v) is 4.81. The zero-order valence-electron chi connectivity index (χ0n) is 15.7. The van der Waals surface area contributed by atoms with Gasteiger partial charge in [0.1, 0.15) is 6.54 Å². The molecule has 2 aromatic carbocycles. The Morgan fingerprint density at radius 3 is 2.59 bits per heavy atom. The number of hydrogen-bond acceptors (Lipinski definition) is 4. The van der Waals surface area contributed by atoms with E-state index >= 15 is 0 Å². The predicted molar refractivity (Wildman–Crippen MR) is 111 cm³/mol. The highest BCUT2D eigenvalue weighted by molar-refractivity contribution is 6.30. The molecule has 29 heavy (non-hydrogen) atoms. The van der Waals surface area contributed by atoms with Gasteiger partial charge in [-0.05, 0) is 37.3 Å². The second kappa shape index (κ2) is 7.89. The zero-order chi connectivity index (χ0) is 20.4. The van der Waals surface area contributed by atoms with Gasteiger partial charge in [0.05, 0.1) is 23.0 Å². The third kappa shape index (κ3) is 4.05. The second-order valence-corrected chi connectivity index (χ2v) is 7.08. The highest BCUT2D eigenvalue weighted by Gasteiger charge is 2.11. The molecule has 0 unspecified atom stereocenters. The van der Waals surface area contributed by atoms with Crippen molar-refractivity contribution in [3.05, 3.63) is 87.6 Å². The number of aromatic nitrogens is 4. The van der Waals surface area contributed by atoms with Gasteiger partial charge in [0, 0.05) is 28.7 Å². The Balaban J connectivity index is 1.43. The summed E-state index contributed by atoms with van der Waals surface area (Å²) < 4.78 is 2.90. The number of aryl methyl sites for hydroxylation is 1. The number of benzene rings is 2. The fourth-order valence-electron chi connectivity index (χ4n) is 3.09. The molecule has 1 amide bonds. The molecule has 0 aliphatic carbocycles. The Morgan fingerprint density at radius 1 is 1.10 bits per heavy atom. The predicted octanol–water partition coefficient (Wildman–Crippen LogP) is 2.86. The monoisotopic (exact) mass is 407 g/mol. The Kier molecular flexibility index (Phi) is 5.14. The Labute approximate surface area is 171 Å². The number of hydrogen-bond donors (Lipinski definition) is 1. The van der Waals surface area contributed by atoms with Crippen LogP contribution >= 0.6 is 11.6 Å². The maximum absolute atomic E-state index is 12.6. The molecule has 0 fully saturated rings. The van der Waals surface area contributed by atoms with Crippen LogP contribution in [0.3, 0.4) is 0 Å². The van der Waals surface area contributed by atoms with E-state index < -0.39 is 0 Å². The van der Waals surface area contributed by atoms with Crippen molar-refractivity contribution in [2.24, 2.45) is 0 Å². The summed E-state index contributed by atoms with van der Waals surface area (Å²) in [5.41, 5.74) is 2.13. The van der Waals surface area contributed by atoms with Gasteiger partial charge in [-0.15, -0.1) is 0 Å². The molecule has 0 aliphatic heterocycles. The number of halogens is 1. The minimum absolute atomic E-state index is 0.143. The van der Waals surface area contributed by atoms with Crippen LogP contribution in [-0.2, 0) is 17.9 Å². The van der Waals surface area contributed by atoms with Crippen molar-refractivity contribution in [1.82, 2.24) is 24.9 Å². The molecule has 0 aliphatic rings. The van der Waals surface area contributed by atoms with Gasteiger partial charge in [-0.1, -0.05) is 29.8 Å². The normalized spacial score (nSPS) is 11.0. The smallest absolute Gasteiger partial charge is 0.275 e. The summed E-state index contributed by atoms with van der Waals surface area (Å²) >= 11 is 5.90. The summed E-state index contributed by atoms with van der Waals surface area (Å²) in [5, 5.41) is 13.4. The van der Waals surface area contributed by atoms with Crippen molar-refractivity contribution < 1.29 is 4.79 Å². The highest BCUT2D eigenvalue weighted by atomic mass is 35.5. The molecule has 1 N–H and O–H groups in total. The Hall–Kier alpha value is -3.45. The fraction of sp³-hybridized carbons (Fsp3) is 0.143. The molecule has 0 saturated carbocycles. The van der Waals surface area contributed by atoms with Crippen LogP contribution in [0.25, 0.3) is 16.5 Å². The molecule has 0 atom stereocenters. The molecule has 8 heteroatoms. The lowest BCUT2D eigenvalue weighted by molar-refractivity contribution is -0.122. The first-order valence-electron chi connectivity index (χ1n) is 9.04.